The molecule has 1 amide bonds. The van der Waals surface area contributed by atoms with Crippen LogP contribution in [-0.2, 0) is 4.79 Å². The Labute approximate surface area is 215 Å². The van der Waals surface area contributed by atoms with Crippen LogP contribution in [0.4, 0.5) is 11.4 Å². The van der Waals surface area contributed by atoms with Gasteiger partial charge >= 0.3 is 0 Å². The van der Waals surface area contributed by atoms with Gasteiger partial charge < -0.3 is 27.3 Å². The van der Waals surface area contributed by atoms with E-state index >= 15 is 0 Å². The number of hydrogen-bond acceptors (Lipinski definition) is 4. The van der Waals surface area contributed by atoms with Gasteiger partial charge in [0.15, 0.2) is 5.96 Å². The fourth-order valence-electron chi connectivity index (χ4n) is 3.37. The number of benzene rings is 2. The summed E-state index contributed by atoms with van der Waals surface area (Å²) in [5.41, 5.74) is 17.7. The Morgan fingerprint density at radius 2 is 1.21 bits per heavy atom. The van der Waals surface area contributed by atoms with E-state index in [0.717, 1.165) is 31.5 Å². The number of amides is 1. The molecule has 0 heterocycles. The number of carbonyl (C=O) groups excluding carboxylic acids is 1. The number of unbranched alkanes of at least 4 members (excludes halogenated alkanes) is 8. The highest BCUT2D eigenvalue weighted by molar-refractivity contribution is 5.90. The van der Waals surface area contributed by atoms with E-state index in [1.54, 1.807) is 24.3 Å². The lowest BCUT2D eigenvalue weighted by molar-refractivity contribution is -0.116. The average Bonchev–Trinajstić information content (AvgIpc) is 2.77. The number of carbonyl (C=O) groups is 1. The van der Waals surface area contributed by atoms with Gasteiger partial charge in [0, 0.05) is 12.1 Å². The van der Waals surface area contributed by atoms with E-state index in [1.807, 2.05) is 24.3 Å². The maximum Gasteiger partial charge on any atom is 0.224 e. The molecule has 0 bridgehead atoms. The van der Waals surface area contributed by atoms with Crippen LogP contribution in [-0.4, -0.2) is 18.4 Å². The maximum atomic E-state index is 12.2. The zero-order valence-electron chi connectivity index (χ0n) is 19.7. The second kappa shape index (κ2) is 18.9. The number of halogens is 2. The third kappa shape index (κ3) is 13.9. The van der Waals surface area contributed by atoms with Crippen molar-refractivity contribution in [3.63, 3.8) is 0 Å². The summed E-state index contributed by atoms with van der Waals surface area (Å²) in [6.45, 7) is 0.803. The number of rotatable bonds is 15. The third-order valence-corrected chi connectivity index (χ3v) is 5.08. The van der Waals surface area contributed by atoms with Crippen molar-refractivity contribution >= 4 is 48.1 Å². The highest BCUT2D eigenvalue weighted by Crippen LogP contribution is 2.25. The van der Waals surface area contributed by atoms with Crippen LogP contribution >= 0.6 is 24.8 Å². The zero-order chi connectivity index (χ0) is 23.0. The standard InChI is InChI=1S/C25H37N5O2.2ClH/c26-19-9-7-5-3-1-2-4-6-8-10-24(31)29-20-11-15-22(16-12-20)32-23-17-13-21(14-18-23)30-25(27)28;;/h11-18H,1-10,19,26H2,(H,29,31)(H4,27,28,30);2*1H. The number of aliphatic imine (C=N–C) groups is 1. The van der Waals surface area contributed by atoms with E-state index in [9.17, 15) is 4.79 Å². The van der Waals surface area contributed by atoms with Gasteiger partial charge in [-0.3, -0.25) is 4.79 Å². The van der Waals surface area contributed by atoms with Gasteiger partial charge in [-0.2, -0.15) is 0 Å². The SMILES string of the molecule is Cl.Cl.NCCCCCCCCCCCC(=O)Nc1ccc(Oc2ccc(N=C(N)N)cc2)cc1. The molecule has 0 radical (unpaired) electrons. The summed E-state index contributed by atoms with van der Waals surface area (Å²) in [4.78, 5) is 16.1. The molecule has 0 aliphatic heterocycles. The van der Waals surface area contributed by atoms with Crippen LogP contribution in [0, 0.1) is 0 Å². The molecule has 0 aliphatic carbocycles. The summed E-state index contributed by atoms with van der Waals surface area (Å²) in [6.07, 6.45) is 11.3. The molecular weight excluding hydrogens is 473 g/mol. The normalized spacial score (nSPS) is 9.91. The number of nitrogens with one attached hydrogen (secondary N) is 1. The summed E-state index contributed by atoms with van der Waals surface area (Å²) < 4.78 is 5.81. The molecule has 0 fully saturated rings. The summed E-state index contributed by atoms with van der Waals surface area (Å²) in [7, 11) is 0. The molecule has 0 saturated carbocycles. The molecule has 9 heteroatoms. The smallest absolute Gasteiger partial charge is 0.224 e. The van der Waals surface area contributed by atoms with Gasteiger partial charge in [0.25, 0.3) is 0 Å². The highest BCUT2D eigenvalue weighted by atomic mass is 35.5. The fourth-order valence-corrected chi connectivity index (χ4v) is 3.37. The Kier molecular flexibility index (Phi) is 17.5. The van der Waals surface area contributed by atoms with Crippen molar-refractivity contribution in [2.75, 3.05) is 11.9 Å². The van der Waals surface area contributed by atoms with Crippen molar-refractivity contribution in [3.05, 3.63) is 48.5 Å². The predicted octanol–water partition coefficient (Wildman–Crippen LogP) is 6.03. The van der Waals surface area contributed by atoms with Crippen LogP contribution in [0.3, 0.4) is 0 Å². The van der Waals surface area contributed by atoms with Crippen LogP contribution in [0.25, 0.3) is 0 Å². The zero-order valence-corrected chi connectivity index (χ0v) is 21.3. The van der Waals surface area contributed by atoms with E-state index in [-0.39, 0.29) is 36.7 Å². The Morgan fingerprint density at radius 1 is 0.735 bits per heavy atom. The Hall–Kier alpha value is -2.48. The molecule has 2 aromatic rings. The fraction of sp³-hybridized carbons (Fsp3) is 0.440. The quantitative estimate of drug-likeness (QED) is 0.132. The van der Waals surface area contributed by atoms with E-state index in [0.29, 0.717) is 23.6 Å². The van der Waals surface area contributed by atoms with Gasteiger partial charge in [0.2, 0.25) is 5.91 Å². The van der Waals surface area contributed by atoms with E-state index in [1.165, 1.54) is 38.5 Å². The number of hydrogen-bond donors (Lipinski definition) is 4. The average molecular weight is 513 g/mol. The van der Waals surface area contributed by atoms with Crippen LogP contribution in [0.2, 0.25) is 0 Å². The second-order valence-corrected chi connectivity index (χ2v) is 7.93. The molecular formula is C25H39Cl2N5O2. The lowest BCUT2D eigenvalue weighted by Crippen LogP contribution is -2.21. The van der Waals surface area contributed by atoms with E-state index in [2.05, 4.69) is 10.3 Å². The van der Waals surface area contributed by atoms with Gasteiger partial charge in [0.05, 0.1) is 5.69 Å². The number of anilines is 1. The Balaban J connectivity index is 0.00000544. The molecule has 2 rings (SSSR count). The molecule has 0 atom stereocenters. The lowest BCUT2D eigenvalue weighted by atomic mass is 10.1. The molecule has 0 saturated heterocycles. The van der Waals surface area contributed by atoms with Gasteiger partial charge in [-0.15, -0.1) is 24.8 Å². The van der Waals surface area contributed by atoms with Crippen molar-refractivity contribution < 1.29 is 9.53 Å². The highest BCUT2D eigenvalue weighted by Gasteiger charge is 2.04. The molecule has 7 N–H and O–H groups in total. The van der Waals surface area contributed by atoms with Crippen LogP contribution in [0.5, 0.6) is 11.5 Å². The first kappa shape index (κ1) is 31.5. The van der Waals surface area contributed by atoms with Crippen molar-refractivity contribution in [2.24, 2.45) is 22.2 Å². The first-order valence-corrected chi connectivity index (χ1v) is 11.5. The summed E-state index contributed by atoms with van der Waals surface area (Å²) in [5.74, 6) is 1.42. The van der Waals surface area contributed by atoms with Crippen LogP contribution < -0.4 is 27.3 Å². The first-order valence-electron chi connectivity index (χ1n) is 11.5. The molecule has 190 valence electrons. The maximum absolute atomic E-state index is 12.2. The van der Waals surface area contributed by atoms with Crippen LogP contribution in [0.1, 0.15) is 64.2 Å². The minimum absolute atomic E-state index is 0. The number of nitrogens with two attached hydrogens (primary N) is 3. The minimum atomic E-state index is 0. The minimum Gasteiger partial charge on any atom is -0.457 e. The monoisotopic (exact) mass is 511 g/mol. The first-order chi connectivity index (χ1) is 15.6. The van der Waals surface area contributed by atoms with Gasteiger partial charge in [0.1, 0.15) is 11.5 Å². The van der Waals surface area contributed by atoms with Crippen molar-refractivity contribution in [2.45, 2.75) is 64.2 Å². The lowest BCUT2D eigenvalue weighted by Gasteiger charge is -2.08. The molecule has 0 aromatic heterocycles. The molecule has 7 nitrogen and oxygen atoms in total. The number of nitrogens with zero attached hydrogens (tertiary/aromatic N) is 1. The van der Waals surface area contributed by atoms with Gasteiger partial charge in [-0.1, -0.05) is 44.9 Å². The summed E-state index contributed by atoms with van der Waals surface area (Å²) in [5, 5.41) is 2.95. The van der Waals surface area contributed by atoms with Crippen molar-refractivity contribution in [1.29, 1.82) is 0 Å². The van der Waals surface area contributed by atoms with Crippen LogP contribution in [0.15, 0.2) is 53.5 Å². The molecule has 2 aromatic carbocycles. The predicted molar refractivity (Wildman–Crippen MR) is 147 cm³/mol. The molecule has 34 heavy (non-hydrogen) atoms. The molecule has 0 spiro atoms. The van der Waals surface area contributed by atoms with E-state index in [4.69, 9.17) is 21.9 Å². The largest absolute Gasteiger partial charge is 0.457 e. The van der Waals surface area contributed by atoms with Crippen molar-refractivity contribution in [1.82, 2.24) is 0 Å². The third-order valence-electron chi connectivity index (χ3n) is 5.08. The molecule has 0 aliphatic rings. The summed E-state index contributed by atoms with van der Waals surface area (Å²) >= 11 is 0. The number of ether oxygens (including phenoxy) is 1. The Morgan fingerprint density at radius 3 is 1.71 bits per heavy atom. The van der Waals surface area contributed by atoms with Gasteiger partial charge in [-0.05, 0) is 67.9 Å². The van der Waals surface area contributed by atoms with E-state index < -0.39 is 0 Å². The Bertz CT molecular complexity index is 826. The van der Waals surface area contributed by atoms with Crippen molar-refractivity contribution in [3.8, 4) is 11.5 Å². The number of guanidine groups is 1. The molecule has 0 unspecified atom stereocenters. The topological polar surface area (TPSA) is 129 Å². The van der Waals surface area contributed by atoms with Gasteiger partial charge in [-0.25, -0.2) is 4.99 Å². The summed E-state index contributed by atoms with van der Waals surface area (Å²) in [6, 6.07) is 14.5. The second-order valence-electron chi connectivity index (χ2n) is 7.93.